The van der Waals surface area contributed by atoms with E-state index in [4.69, 9.17) is 4.74 Å². The fourth-order valence-corrected chi connectivity index (χ4v) is 1.36. The maximum Gasteiger partial charge on any atom is 0.407 e. The summed E-state index contributed by atoms with van der Waals surface area (Å²) in [5.74, 6) is 0. The van der Waals surface area contributed by atoms with E-state index in [2.05, 4.69) is 9.50 Å². The van der Waals surface area contributed by atoms with Crippen LogP contribution in [0.15, 0.2) is 0 Å². The largest absolute Gasteiger partial charge is 0.444 e. The third kappa shape index (κ3) is 11.4. The van der Waals surface area contributed by atoms with Gasteiger partial charge in [0.25, 0.3) is 10.1 Å². The molecule has 7 heteroatoms. The summed E-state index contributed by atoms with van der Waals surface area (Å²) in [4.78, 5) is 11.3. The van der Waals surface area contributed by atoms with Gasteiger partial charge < -0.3 is 10.1 Å². The van der Waals surface area contributed by atoms with Crippen LogP contribution in [-0.2, 0) is 19.0 Å². The SMILES string of the molecule is C[C@@H](CCOS(C)(=O)=O)NC(=O)OC(C)(C)C. The Kier molecular flexibility index (Phi) is 5.91. The fraction of sp³-hybridized carbons (Fsp3) is 0.900. The molecule has 1 N–H and O–H groups in total. The zero-order valence-corrected chi connectivity index (χ0v) is 11.8. The molecule has 0 radical (unpaired) electrons. The Balaban J connectivity index is 3.87. The molecule has 0 saturated carbocycles. The molecule has 0 saturated heterocycles. The average molecular weight is 267 g/mol. The fourth-order valence-electron chi connectivity index (χ4n) is 0.957. The highest BCUT2D eigenvalue weighted by Gasteiger charge is 2.17. The Morgan fingerprint density at radius 1 is 1.35 bits per heavy atom. The Morgan fingerprint density at radius 3 is 2.29 bits per heavy atom. The number of amides is 1. The van der Waals surface area contributed by atoms with E-state index in [0.717, 1.165) is 6.26 Å². The Labute approximate surface area is 103 Å². The lowest BCUT2D eigenvalue weighted by Crippen LogP contribution is -2.38. The number of hydrogen-bond acceptors (Lipinski definition) is 5. The monoisotopic (exact) mass is 267 g/mol. The molecule has 0 aliphatic heterocycles. The summed E-state index contributed by atoms with van der Waals surface area (Å²) >= 11 is 0. The first-order valence-corrected chi connectivity index (χ1v) is 7.15. The number of carbonyl (C=O) groups excluding carboxylic acids is 1. The first kappa shape index (κ1) is 16.2. The number of rotatable bonds is 5. The van der Waals surface area contributed by atoms with Gasteiger partial charge in [0.1, 0.15) is 5.60 Å². The zero-order chi connectivity index (χ0) is 13.7. The van der Waals surface area contributed by atoms with Gasteiger partial charge in [-0.2, -0.15) is 8.42 Å². The maximum atomic E-state index is 11.3. The van der Waals surface area contributed by atoms with Gasteiger partial charge in [-0.15, -0.1) is 0 Å². The quantitative estimate of drug-likeness (QED) is 0.758. The van der Waals surface area contributed by atoms with Gasteiger partial charge in [-0.25, -0.2) is 4.79 Å². The van der Waals surface area contributed by atoms with Gasteiger partial charge in [-0.1, -0.05) is 0 Å². The number of ether oxygens (including phenoxy) is 1. The molecule has 1 amide bonds. The molecule has 0 aromatic rings. The van der Waals surface area contributed by atoms with Gasteiger partial charge in [0.15, 0.2) is 0 Å². The number of hydrogen-bond donors (Lipinski definition) is 1. The topological polar surface area (TPSA) is 81.7 Å². The van der Waals surface area contributed by atoms with Crippen LogP contribution in [-0.4, -0.2) is 39.0 Å². The molecule has 1 atom stereocenters. The summed E-state index contributed by atoms with van der Waals surface area (Å²) in [6, 6.07) is -0.216. The minimum Gasteiger partial charge on any atom is -0.444 e. The minimum absolute atomic E-state index is 0.0375. The van der Waals surface area contributed by atoms with Gasteiger partial charge in [0.2, 0.25) is 0 Å². The third-order valence-corrected chi connectivity index (χ3v) is 2.21. The maximum absolute atomic E-state index is 11.3. The second kappa shape index (κ2) is 6.20. The van der Waals surface area contributed by atoms with E-state index in [0.29, 0.717) is 6.42 Å². The molecule has 0 rings (SSSR count). The molecule has 0 spiro atoms. The number of nitrogens with one attached hydrogen (secondary N) is 1. The predicted molar refractivity (Wildman–Crippen MR) is 64.2 cm³/mol. The van der Waals surface area contributed by atoms with E-state index in [1.54, 1.807) is 27.7 Å². The van der Waals surface area contributed by atoms with Crippen molar-refractivity contribution in [1.82, 2.24) is 5.32 Å². The van der Waals surface area contributed by atoms with Crippen molar-refractivity contribution >= 4 is 16.2 Å². The summed E-state index contributed by atoms with van der Waals surface area (Å²) in [5, 5.41) is 2.59. The van der Waals surface area contributed by atoms with Crippen LogP contribution in [0.25, 0.3) is 0 Å². The molecule has 102 valence electrons. The van der Waals surface area contributed by atoms with Crippen molar-refractivity contribution in [2.24, 2.45) is 0 Å². The molecule has 17 heavy (non-hydrogen) atoms. The molecule has 0 aliphatic carbocycles. The predicted octanol–water partition coefficient (Wildman–Crippen LogP) is 1.27. The van der Waals surface area contributed by atoms with Gasteiger partial charge in [0, 0.05) is 6.04 Å². The van der Waals surface area contributed by atoms with Crippen molar-refractivity contribution in [3.8, 4) is 0 Å². The van der Waals surface area contributed by atoms with E-state index in [1.165, 1.54) is 0 Å². The average Bonchev–Trinajstić information content (AvgIpc) is 1.96. The normalized spacial score (nSPS) is 14.2. The van der Waals surface area contributed by atoms with Crippen molar-refractivity contribution in [2.75, 3.05) is 12.9 Å². The van der Waals surface area contributed by atoms with E-state index in [9.17, 15) is 13.2 Å². The highest BCUT2D eigenvalue weighted by molar-refractivity contribution is 7.85. The summed E-state index contributed by atoms with van der Waals surface area (Å²) in [6.45, 7) is 7.09. The van der Waals surface area contributed by atoms with E-state index in [1.807, 2.05) is 0 Å². The molecular weight excluding hydrogens is 246 g/mol. The number of carbonyl (C=O) groups is 1. The lowest BCUT2D eigenvalue weighted by Gasteiger charge is -2.21. The Bertz CT molecular complexity index is 344. The molecule has 0 aliphatic rings. The summed E-state index contributed by atoms with van der Waals surface area (Å²) in [6.07, 6.45) is 0.856. The Morgan fingerprint density at radius 2 is 1.88 bits per heavy atom. The molecule has 0 aromatic heterocycles. The lowest BCUT2D eigenvalue weighted by atomic mass is 10.2. The zero-order valence-electron chi connectivity index (χ0n) is 10.9. The molecule has 0 aromatic carbocycles. The highest BCUT2D eigenvalue weighted by atomic mass is 32.2. The summed E-state index contributed by atoms with van der Waals surface area (Å²) in [7, 11) is -3.42. The lowest BCUT2D eigenvalue weighted by molar-refractivity contribution is 0.0504. The van der Waals surface area contributed by atoms with Gasteiger partial charge in [0.05, 0.1) is 12.9 Å². The molecule has 0 heterocycles. The van der Waals surface area contributed by atoms with Crippen molar-refractivity contribution in [3.63, 3.8) is 0 Å². The standard InChI is InChI=1S/C10H21NO5S/c1-8(6-7-15-17(5,13)14)11-9(12)16-10(2,3)4/h8H,6-7H2,1-5H3,(H,11,12)/t8-/m0/s1. The first-order valence-electron chi connectivity index (χ1n) is 5.33. The molecule has 6 nitrogen and oxygen atoms in total. The van der Waals surface area contributed by atoms with Gasteiger partial charge >= 0.3 is 6.09 Å². The van der Waals surface area contributed by atoms with Crippen molar-refractivity contribution < 1.29 is 22.1 Å². The number of alkyl carbamates (subject to hydrolysis) is 1. The molecule has 0 fully saturated rings. The first-order chi connectivity index (χ1) is 7.49. The molecule has 0 bridgehead atoms. The van der Waals surface area contributed by atoms with Crippen LogP contribution in [0.4, 0.5) is 4.79 Å². The summed E-state index contributed by atoms with van der Waals surface area (Å²) < 4.78 is 31.0. The van der Waals surface area contributed by atoms with Crippen LogP contribution in [0, 0.1) is 0 Å². The highest BCUT2D eigenvalue weighted by Crippen LogP contribution is 2.07. The van der Waals surface area contributed by atoms with Crippen LogP contribution in [0.5, 0.6) is 0 Å². The van der Waals surface area contributed by atoms with Crippen LogP contribution < -0.4 is 5.32 Å². The third-order valence-electron chi connectivity index (χ3n) is 1.61. The van der Waals surface area contributed by atoms with Crippen LogP contribution >= 0.6 is 0 Å². The van der Waals surface area contributed by atoms with Crippen molar-refractivity contribution in [1.29, 1.82) is 0 Å². The smallest absolute Gasteiger partial charge is 0.407 e. The van der Waals surface area contributed by atoms with Crippen LogP contribution in [0.2, 0.25) is 0 Å². The minimum atomic E-state index is -3.42. The van der Waals surface area contributed by atoms with E-state index in [-0.39, 0.29) is 12.6 Å². The van der Waals surface area contributed by atoms with E-state index < -0.39 is 21.8 Å². The van der Waals surface area contributed by atoms with Crippen LogP contribution in [0.3, 0.4) is 0 Å². The van der Waals surface area contributed by atoms with Crippen LogP contribution in [0.1, 0.15) is 34.1 Å². The second-order valence-electron chi connectivity index (χ2n) is 4.86. The van der Waals surface area contributed by atoms with Gasteiger partial charge in [-0.05, 0) is 34.1 Å². The Hall–Kier alpha value is -0.820. The van der Waals surface area contributed by atoms with Gasteiger partial charge in [-0.3, -0.25) is 4.18 Å². The second-order valence-corrected chi connectivity index (χ2v) is 6.51. The van der Waals surface area contributed by atoms with E-state index >= 15 is 0 Å². The molecular formula is C10H21NO5S. The van der Waals surface area contributed by atoms with Crippen molar-refractivity contribution in [2.45, 2.75) is 45.8 Å². The van der Waals surface area contributed by atoms with Crippen molar-refractivity contribution in [3.05, 3.63) is 0 Å². The molecule has 0 unspecified atom stereocenters. The summed E-state index contributed by atoms with van der Waals surface area (Å²) in [5.41, 5.74) is -0.549.